The highest BCUT2D eigenvalue weighted by Crippen LogP contribution is 2.36. The van der Waals surface area contributed by atoms with Crippen molar-refractivity contribution < 1.29 is 0 Å². The van der Waals surface area contributed by atoms with Gasteiger partial charge in [0.15, 0.2) is 0 Å². The van der Waals surface area contributed by atoms with Crippen LogP contribution in [0.15, 0.2) is 29.2 Å². The van der Waals surface area contributed by atoms with Gasteiger partial charge in [0.05, 0.1) is 0 Å². The number of likely N-dealkylation sites (tertiary alicyclic amines) is 1. The first kappa shape index (κ1) is 12.5. The molecule has 2 atom stereocenters. The second kappa shape index (κ2) is 5.64. The second-order valence-electron chi connectivity index (χ2n) is 5.49. The van der Waals surface area contributed by atoms with Gasteiger partial charge in [-0.3, -0.25) is 0 Å². The van der Waals surface area contributed by atoms with Crippen molar-refractivity contribution in [3.63, 3.8) is 0 Å². The minimum Gasteiger partial charge on any atom is -0.314 e. The molecule has 2 nitrogen and oxygen atoms in total. The van der Waals surface area contributed by atoms with Crippen LogP contribution >= 0.6 is 11.8 Å². The Morgan fingerprint density at radius 2 is 2.22 bits per heavy atom. The first-order valence-electron chi connectivity index (χ1n) is 6.98. The molecule has 2 unspecified atom stereocenters. The summed E-state index contributed by atoms with van der Waals surface area (Å²) in [5.74, 6) is 0. The van der Waals surface area contributed by atoms with E-state index in [1.54, 1.807) is 0 Å². The lowest BCUT2D eigenvalue weighted by atomic mass is 10.1. The van der Waals surface area contributed by atoms with Gasteiger partial charge in [-0.05, 0) is 44.5 Å². The quantitative estimate of drug-likeness (QED) is 0.897. The average Bonchev–Trinajstić information content (AvgIpc) is 2.96. The van der Waals surface area contributed by atoms with Crippen LogP contribution < -0.4 is 5.32 Å². The van der Waals surface area contributed by atoms with Gasteiger partial charge >= 0.3 is 0 Å². The van der Waals surface area contributed by atoms with Crippen molar-refractivity contribution in [2.24, 2.45) is 0 Å². The molecule has 1 N–H and O–H groups in total. The van der Waals surface area contributed by atoms with E-state index in [4.69, 9.17) is 0 Å². The highest BCUT2D eigenvalue weighted by atomic mass is 32.2. The topological polar surface area (TPSA) is 15.3 Å². The minimum absolute atomic E-state index is 0.731. The molecule has 0 amide bonds. The number of thioether (sulfide) groups is 1. The van der Waals surface area contributed by atoms with Gasteiger partial charge in [0.1, 0.15) is 0 Å². The molecule has 2 aliphatic heterocycles. The summed E-state index contributed by atoms with van der Waals surface area (Å²) < 4.78 is 0. The van der Waals surface area contributed by atoms with Crippen molar-refractivity contribution >= 4 is 11.8 Å². The zero-order valence-electron chi connectivity index (χ0n) is 11.1. The summed E-state index contributed by atoms with van der Waals surface area (Å²) in [5.41, 5.74) is 1.53. The molecular formula is C15H22N2S. The van der Waals surface area contributed by atoms with E-state index in [-0.39, 0.29) is 0 Å². The molecule has 1 aromatic carbocycles. The Kier molecular flexibility index (Phi) is 3.92. The summed E-state index contributed by atoms with van der Waals surface area (Å²) in [4.78, 5) is 3.98. The summed E-state index contributed by atoms with van der Waals surface area (Å²) in [6.07, 6.45) is 3.96. The lowest BCUT2D eigenvalue weighted by Crippen LogP contribution is -2.37. The fourth-order valence-electron chi connectivity index (χ4n) is 3.02. The van der Waals surface area contributed by atoms with Crippen LogP contribution in [0.4, 0.5) is 0 Å². The monoisotopic (exact) mass is 262 g/mol. The van der Waals surface area contributed by atoms with Crippen molar-refractivity contribution in [3.05, 3.63) is 29.8 Å². The molecule has 1 aromatic rings. The Labute approximate surface area is 114 Å². The first-order valence-corrected chi connectivity index (χ1v) is 7.86. The summed E-state index contributed by atoms with van der Waals surface area (Å²) >= 11 is 2.04. The van der Waals surface area contributed by atoms with Crippen molar-refractivity contribution in [2.45, 2.75) is 35.4 Å². The highest BCUT2D eigenvalue weighted by molar-refractivity contribution is 8.00. The standard InChI is InChI=1S/C15H22N2S/c1-17-8-4-6-13(17)10-16-11-14-9-12-5-2-3-7-15(12)18-14/h2-3,5,7,13-14,16H,4,6,8-11H2,1H3. The summed E-state index contributed by atoms with van der Waals surface area (Å²) in [6.45, 7) is 3.57. The number of rotatable bonds is 4. The molecule has 0 bridgehead atoms. The average molecular weight is 262 g/mol. The molecule has 0 radical (unpaired) electrons. The number of likely N-dealkylation sites (N-methyl/N-ethyl adjacent to an activating group) is 1. The summed E-state index contributed by atoms with van der Waals surface area (Å²) in [7, 11) is 2.25. The third-order valence-electron chi connectivity index (χ3n) is 4.14. The number of fused-ring (bicyclic) bond motifs is 1. The van der Waals surface area contributed by atoms with Gasteiger partial charge in [-0.2, -0.15) is 0 Å². The van der Waals surface area contributed by atoms with E-state index in [1.165, 1.54) is 36.3 Å². The van der Waals surface area contributed by atoms with Crippen LogP contribution in [0.2, 0.25) is 0 Å². The predicted octanol–water partition coefficient (Wildman–Crippen LogP) is 2.39. The van der Waals surface area contributed by atoms with Crippen molar-refractivity contribution in [1.82, 2.24) is 10.2 Å². The zero-order valence-corrected chi connectivity index (χ0v) is 11.9. The molecule has 2 heterocycles. The largest absolute Gasteiger partial charge is 0.314 e. The molecule has 3 heteroatoms. The maximum absolute atomic E-state index is 3.67. The van der Waals surface area contributed by atoms with E-state index in [1.807, 2.05) is 11.8 Å². The van der Waals surface area contributed by atoms with Gasteiger partial charge in [-0.25, -0.2) is 0 Å². The van der Waals surface area contributed by atoms with Crippen LogP contribution in [-0.4, -0.2) is 42.9 Å². The number of benzene rings is 1. The molecule has 98 valence electrons. The molecule has 1 fully saturated rings. The van der Waals surface area contributed by atoms with Gasteiger partial charge < -0.3 is 10.2 Å². The molecule has 18 heavy (non-hydrogen) atoms. The second-order valence-corrected chi connectivity index (χ2v) is 6.83. The third-order valence-corrected chi connectivity index (χ3v) is 5.46. The summed E-state index contributed by atoms with van der Waals surface area (Å²) in [6, 6.07) is 9.59. The highest BCUT2D eigenvalue weighted by Gasteiger charge is 2.23. The van der Waals surface area contributed by atoms with Crippen LogP contribution in [0, 0.1) is 0 Å². The fourth-order valence-corrected chi connectivity index (χ4v) is 4.30. The number of nitrogens with zero attached hydrogens (tertiary/aromatic N) is 1. The van der Waals surface area contributed by atoms with Crippen LogP contribution in [0.25, 0.3) is 0 Å². The van der Waals surface area contributed by atoms with E-state index in [0.29, 0.717) is 0 Å². The van der Waals surface area contributed by atoms with Crippen molar-refractivity contribution in [2.75, 3.05) is 26.7 Å². The number of nitrogens with one attached hydrogen (secondary N) is 1. The zero-order chi connectivity index (χ0) is 12.4. The first-order chi connectivity index (χ1) is 8.83. The SMILES string of the molecule is CN1CCCC1CNCC1Cc2ccccc2S1. The van der Waals surface area contributed by atoms with Gasteiger partial charge in [-0.15, -0.1) is 11.8 Å². The Bertz CT molecular complexity index is 382. The molecule has 2 aliphatic rings. The Hall–Kier alpha value is -0.510. The molecule has 0 aliphatic carbocycles. The Morgan fingerprint density at radius 3 is 3.00 bits per heavy atom. The minimum atomic E-state index is 0.731. The molecule has 0 spiro atoms. The fraction of sp³-hybridized carbons (Fsp3) is 0.600. The predicted molar refractivity (Wildman–Crippen MR) is 78.3 cm³/mol. The lowest BCUT2D eigenvalue weighted by Gasteiger charge is -2.20. The van der Waals surface area contributed by atoms with E-state index in [2.05, 4.69) is 41.5 Å². The lowest BCUT2D eigenvalue weighted by molar-refractivity contribution is 0.301. The van der Waals surface area contributed by atoms with Gasteiger partial charge in [0.2, 0.25) is 0 Å². The van der Waals surface area contributed by atoms with Crippen LogP contribution in [0.5, 0.6) is 0 Å². The van der Waals surface area contributed by atoms with E-state index in [9.17, 15) is 0 Å². The summed E-state index contributed by atoms with van der Waals surface area (Å²) in [5, 5.41) is 4.40. The molecule has 3 rings (SSSR count). The van der Waals surface area contributed by atoms with Crippen molar-refractivity contribution in [1.29, 1.82) is 0 Å². The smallest absolute Gasteiger partial charge is 0.0260 e. The molecule has 1 saturated heterocycles. The van der Waals surface area contributed by atoms with Gasteiger partial charge in [0.25, 0.3) is 0 Å². The molecular weight excluding hydrogens is 240 g/mol. The van der Waals surface area contributed by atoms with Gasteiger partial charge in [-0.1, -0.05) is 18.2 Å². The van der Waals surface area contributed by atoms with E-state index in [0.717, 1.165) is 24.4 Å². The Balaban J connectivity index is 1.43. The van der Waals surface area contributed by atoms with Crippen LogP contribution in [0.3, 0.4) is 0 Å². The maximum Gasteiger partial charge on any atom is 0.0260 e. The van der Waals surface area contributed by atoms with Crippen molar-refractivity contribution in [3.8, 4) is 0 Å². The molecule has 0 aromatic heterocycles. The molecule has 0 saturated carbocycles. The number of hydrogen-bond acceptors (Lipinski definition) is 3. The maximum atomic E-state index is 3.67. The van der Waals surface area contributed by atoms with Crippen LogP contribution in [-0.2, 0) is 6.42 Å². The van der Waals surface area contributed by atoms with Gasteiger partial charge in [0, 0.05) is 29.3 Å². The van der Waals surface area contributed by atoms with E-state index < -0.39 is 0 Å². The number of hydrogen-bond donors (Lipinski definition) is 1. The van der Waals surface area contributed by atoms with E-state index >= 15 is 0 Å². The normalized spacial score (nSPS) is 27.6. The third kappa shape index (κ3) is 2.73. The Morgan fingerprint density at radius 1 is 1.33 bits per heavy atom. The van der Waals surface area contributed by atoms with Crippen LogP contribution in [0.1, 0.15) is 18.4 Å².